The van der Waals surface area contributed by atoms with Crippen molar-refractivity contribution in [2.75, 3.05) is 11.5 Å². The fourth-order valence-electron chi connectivity index (χ4n) is 3.90. The van der Waals surface area contributed by atoms with Crippen molar-refractivity contribution in [2.24, 2.45) is 5.16 Å². The molecule has 1 fully saturated rings. The second-order valence-corrected chi connectivity index (χ2v) is 11.3. The molecule has 41 heavy (non-hydrogen) atoms. The van der Waals surface area contributed by atoms with Crippen LogP contribution in [0.2, 0.25) is 0 Å². The summed E-state index contributed by atoms with van der Waals surface area (Å²) in [5.41, 5.74) is 3.99. The molecule has 0 unspecified atom stereocenters. The first-order chi connectivity index (χ1) is 19.3. The maximum atomic E-state index is 13.2. The molecule has 216 valence electrons. The largest absolute Gasteiger partial charge is 0.481 e. The normalized spacial score (nSPS) is 18.8. The summed E-state index contributed by atoms with van der Waals surface area (Å²) < 4.78 is 5.54. The average molecular weight is 607 g/mol. The Labute approximate surface area is 239 Å². The molecule has 4 rings (SSSR count). The Morgan fingerprint density at radius 1 is 1.29 bits per heavy atom. The smallest absolute Gasteiger partial charge is 0.352 e. The van der Waals surface area contributed by atoms with Crippen molar-refractivity contribution < 1.29 is 48.7 Å². The van der Waals surface area contributed by atoms with Crippen molar-refractivity contribution >= 4 is 63.9 Å². The van der Waals surface area contributed by atoms with Crippen LogP contribution in [-0.2, 0) is 41.8 Å². The van der Waals surface area contributed by atoms with Crippen LogP contribution in [0.4, 0.5) is 5.13 Å². The minimum Gasteiger partial charge on any atom is -0.481 e. The molecule has 2 aromatic rings. The first-order valence-electron chi connectivity index (χ1n) is 11.8. The maximum absolute atomic E-state index is 13.2. The van der Waals surface area contributed by atoms with Crippen LogP contribution in [0, 0.1) is 0 Å². The molecule has 0 bridgehead atoms. The Bertz CT molecular complexity index is 1500. The van der Waals surface area contributed by atoms with Crippen molar-refractivity contribution in [1.29, 1.82) is 0 Å². The number of pyridine rings is 1. The summed E-state index contributed by atoms with van der Waals surface area (Å²) in [6.45, 7) is 2.52. The van der Waals surface area contributed by atoms with Gasteiger partial charge < -0.3 is 31.2 Å². The quantitative estimate of drug-likeness (QED) is 0.0899. The Morgan fingerprint density at radius 2 is 2.02 bits per heavy atom. The van der Waals surface area contributed by atoms with Gasteiger partial charge in [-0.1, -0.05) is 5.16 Å². The summed E-state index contributed by atoms with van der Waals surface area (Å²) in [5.74, 6) is -5.39. The molecule has 2 aliphatic rings. The summed E-state index contributed by atoms with van der Waals surface area (Å²) >= 11 is 1.98. The second kappa shape index (κ2) is 11.5. The lowest BCUT2D eigenvalue weighted by Crippen LogP contribution is -2.71. The predicted octanol–water partition coefficient (Wildman–Crippen LogP) is -0.942. The number of aliphatic carboxylic acids is 3. The van der Waals surface area contributed by atoms with E-state index in [-0.39, 0.29) is 35.4 Å². The van der Waals surface area contributed by atoms with Crippen molar-refractivity contribution in [3.05, 3.63) is 47.2 Å². The number of nitrogens with two attached hydrogens (primary N) is 1. The Kier molecular flexibility index (Phi) is 8.24. The van der Waals surface area contributed by atoms with Gasteiger partial charge in [0.15, 0.2) is 24.1 Å². The molecular weight excluding hydrogens is 582 g/mol. The SMILES string of the molecule is CC(C)(O/N=C(\C(=O)N[C@@H]1C(=O)N2C(C(=O)O)=C(C[n+]3cccc(CC(=O)O)c3)CS[C@@H]12)c1nsc(N)n1)C(=O)O. The Hall–Kier alpha value is -4.58. The third kappa shape index (κ3) is 6.27. The van der Waals surface area contributed by atoms with Crippen LogP contribution < -0.4 is 15.6 Å². The number of hydrogen-bond donors (Lipinski definition) is 5. The Morgan fingerprint density at radius 3 is 2.63 bits per heavy atom. The maximum Gasteiger partial charge on any atom is 0.352 e. The van der Waals surface area contributed by atoms with E-state index in [9.17, 15) is 34.2 Å². The number of carbonyl (C=O) groups is 5. The number of aromatic nitrogens is 3. The molecule has 0 aromatic carbocycles. The minimum atomic E-state index is -1.81. The molecule has 1 saturated heterocycles. The number of β-lactam (4-membered cyclic amide) rings is 1. The number of oxime groups is 1. The molecule has 6 N–H and O–H groups in total. The third-order valence-electron chi connectivity index (χ3n) is 5.93. The van der Waals surface area contributed by atoms with E-state index in [1.807, 2.05) is 0 Å². The number of anilines is 1. The van der Waals surface area contributed by atoms with Gasteiger partial charge in [0, 0.05) is 34.5 Å². The van der Waals surface area contributed by atoms with Gasteiger partial charge in [0.25, 0.3) is 11.8 Å². The van der Waals surface area contributed by atoms with Crippen LogP contribution in [0.25, 0.3) is 0 Å². The lowest BCUT2D eigenvalue weighted by molar-refractivity contribution is -0.689. The van der Waals surface area contributed by atoms with Gasteiger partial charge in [0.1, 0.15) is 17.1 Å². The van der Waals surface area contributed by atoms with Crippen LogP contribution in [0.3, 0.4) is 0 Å². The standard InChI is InChI=1S/C23H23N7O9S2/c1-23(2,21(37)38)39-27-13(16-26-22(24)41-28-16)17(33)25-14-18(34)30-15(20(35)36)11(9-40-19(14)30)8-29-5-3-4-10(7-29)6-12(31)32/h3-5,7,14,19H,6,8-9H2,1-2H3,(H5-,24,25,26,28,31,32,33,35,36,37,38)/p+1/b27-13-/t14-,19+/m1/s1. The van der Waals surface area contributed by atoms with Gasteiger partial charge in [-0.15, -0.1) is 11.8 Å². The molecule has 4 heterocycles. The number of thioether (sulfide) groups is 1. The highest BCUT2D eigenvalue weighted by molar-refractivity contribution is 8.00. The van der Waals surface area contributed by atoms with Crippen molar-refractivity contribution in [2.45, 2.75) is 43.8 Å². The van der Waals surface area contributed by atoms with Crippen molar-refractivity contribution in [1.82, 2.24) is 19.6 Å². The van der Waals surface area contributed by atoms with E-state index in [0.717, 1.165) is 16.4 Å². The van der Waals surface area contributed by atoms with Gasteiger partial charge in [-0.3, -0.25) is 19.3 Å². The first-order valence-corrected chi connectivity index (χ1v) is 13.6. The number of carboxylic acids is 3. The first kappa shape index (κ1) is 29.4. The van der Waals surface area contributed by atoms with Crippen molar-refractivity contribution in [3.63, 3.8) is 0 Å². The summed E-state index contributed by atoms with van der Waals surface area (Å²) in [4.78, 5) is 70.9. The van der Waals surface area contributed by atoms with Crippen LogP contribution in [0.15, 0.2) is 41.0 Å². The molecule has 2 amide bonds. The van der Waals surface area contributed by atoms with Gasteiger partial charge in [-0.25, -0.2) is 14.2 Å². The van der Waals surface area contributed by atoms with Crippen LogP contribution in [-0.4, -0.2) is 87.8 Å². The molecule has 0 spiro atoms. The van der Waals surface area contributed by atoms with E-state index in [1.54, 1.807) is 29.1 Å². The summed E-state index contributed by atoms with van der Waals surface area (Å²) in [5, 5.41) is 33.7. The molecule has 0 aliphatic carbocycles. The second-order valence-electron chi connectivity index (χ2n) is 9.38. The lowest BCUT2D eigenvalue weighted by atomic mass is 10.0. The topological polar surface area (TPSA) is 239 Å². The number of nitrogen functional groups attached to an aromatic ring is 1. The lowest BCUT2D eigenvalue weighted by Gasteiger charge is -2.49. The molecular formula is C23H24N7O9S2+. The average Bonchev–Trinajstić information content (AvgIpc) is 3.32. The third-order valence-corrected chi connectivity index (χ3v) is 7.82. The number of amides is 2. The zero-order chi connectivity index (χ0) is 30.1. The van der Waals surface area contributed by atoms with E-state index < -0.39 is 52.5 Å². The van der Waals surface area contributed by atoms with Gasteiger partial charge in [-0.05, 0) is 19.9 Å². The number of fused-ring (bicyclic) bond motifs is 1. The molecule has 16 nitrogen and oxygen atoms in total. The van der Waals surface area contributed by atoms with E-state index in [0.29, 0.717) is 11.1 Å². The monoisotopic (exact) mass is 606 g/mol. The van der Waals surface area contributed by atoms with Gasteiger partial charge in [-0.2, -0.15) is 9.36 Å². The van der Waals surface area contributed by atoms with Crippen LogP contribution in [0.1, 0.15) is 25.2 Å². The summed E-state index contributed by atoms with van der Waals surface area (Å²) in [6, 6.07) is 2.14. The van der Waals surface area contributed by atoms with Crippen LogP contribution in [0.5, 0.6) is 0 Å². The molecule has 0 saturated carbocycles. The molecule has 2 aliphatic heterocycles. The Balaban J connectivity index is 1.54. The van der Waals surface area contributed by atoms with E-state index in [2.05, 4.69) is 19.8 Å². The zero-order valence-corrected chi connectivity index (χ0v) is 23.1. The summed E-state index contributed by atoms with van der Waals surface area (Å²) in [6.07, 6.45) is 3.04. The van der Waals surface area contributed by atoms with E-state index in [1.165, 1.54) is 25.6 Å². The molecule has 2 atom stereocenters. The fraction of sp³-hybridized carbons (Fsp3) is 0.348. The number of hydrogen-bond acceptors (Lipinski definition) is 12. The van der Waals surface area contributed by atoms with Gasteiger partial charge in [0.05, 0.1) is 6.42 Å². The highest BCUT2D eigenvalue weighted by Crippen LogP contribution is 2.40. The summed E-state index contributed by atoms with van der Waals surface area (Å²) in [7, 11) is 0. The van der Waals surface area contributed by atoms with E-state index in [4.69, 9.17) is 15.7 Å². The number of nitrogens with one attached hydrogen (secondary N) is 1. The van der Waals surface area contributed by atoms with Crippen LogP contribution >= 0.6 is 23.3 Å². The number of nitrogens with zero attached hydrogens (tertiary/aromatic N) is 5. The number of rotatable bonds is 11. The zero-order valence-electron chi connectivity index (χ0n) is 21.5. The highest BCUT2D eigenvalue weighted by Gasteiger charge is 2.55. The van der Waals surface area contributed by atoms with Gasteiger partial charge in [0.2, 0.25) is 17.1 Å². The highest BCUT2D eigenvalue weighted by atomic mass is 32.2. The van der Waals surface area contributed by atoms with E-state index >= 15 is 0 Å². The van der Waals surface area contributed by atoms with Gasteiger partial charge >= 0.3 is 17.9 Å². The predicted molar refractivity (Wildman–Crippen MR) is 141 cm³/mol. The van der Waals surface area contributed by atoms with Crippen molar-refractivity contribution in [3.8, 4) is 0 Å². The fourth-order valence-corrected chi connectivity index (χ4v) is 5.67. The molecule has 2 aromatic heterocycles. The molecule has 18 heteroatoms. The molecule has 0 radical (unpaired) electrons. The minimum absolute atomic E-state index is 0.00172. The number of carbonyl (C=O) groups excluding carboxylic acids is 2. The number of carboxylic acid groups (broad SMARTS) is 3.